The Morgan fingerprint density at radius 1 is 0.933 bits per heavy atom. The third kappa shape index (κ3) is 3.68. The monoisotopic (exact) mass is 436 g/mol. The van der Waals surface area contributed by atoms with E-state index < -0.39 is 0 Å². The molecule has 6 rings (SSSR count). The molecule has 154 valence electrons. The molecule has 6 heteroatoms. The number of hydrogen-bond acceptors (Lipinski definition) is 6. The number of thiazole rings is 2. The van der Waals surface area contributed by atoms with Gasteiger partial charge in [-0.3, -0.25) is 0 Å². The summed E-state index contributed by atoms with van der Waals surface area (Å²) in [5.74, 6) is 1.75. The summed E-state index contributed by atoms with van der Waals surface area (Å²) in [7, 11) is 0. The van der Waals surface area contributed by atoms with Crippen molar-refractivity contribution < 1.29 is 9.90 Å². The van der Waals surface area contributed by atoms with Gasteiger partial charge in [0.15, 0.2) is 0 Å². The van der Waals surface area contributed by atoms with E-state index in [4.69, 9.17) is 5.11 Å². The summed E-state index contributed by atoms with van der Waals surface area (Å²) in [5.41, 5.74) is 4.89. The summed E-state index contributed by atoms with van der Waals surface area (Å²) in [4.78, 5) is 19.6. The van der Waals surface area contributed by atoms with Gasteiger partial charge < -0.3 is 9.90 Å². The van der Waals surface area contributed by atoms with E-state index >= 15 is 0 Å². The van der Waals surface area contributed by atoms with E-state index in [1.807, 2.05) is 26.0 Å². The standard InChI is InChI=1S/C12H13NOS.C12H11NOS/c2*1-7-13-11-4-2-3-9(12(11)15-7)10-5-8(10)6-14/h2-4,8,10,14H,5-6H2,1H3;2-4,6,8,10H,5H2,1H3. The second-order valence-corrected chi connectivity index (χ2v) is 10.7. The Kier molecular flexibility index (Phi) is 5.17. The number of aliphatic hydroxyl groups excluding tert-OH is 1. The molecule has 0 saturated heterocycles. The minimum atomic E-state index is 0.248. The van der Waals surface area contributed by atoms with Crippen molar-refractivity contribution >= 4 is 49.4 Å². The lowest BCUT2D eigenvalue weighted by Crippen LogP contribution is -1.88. The second-order valence-electron chi connectivity index (χ2n) is 8.28. The van der Waals surface area contributed by atoms with E-state index in [0.717, 1.165) is 40.2 Å². The van der Waals surface area contributed by atoms with Gasteiger partial charge in [0.05, 0.1) is 30.4 Å². The third-order valence-electron chi connectivity index (χ3n) is 6.08. The molecule has 4 atom stereocenters. The van der Waals surface area contributed by atoms with Crippen LogP contribution in [0.15, 0.2) is 36.4 Å². The summed E-state index contributed by atoms with van der Waals surface area (Å²) in [6, 6.07) is 12.5. The van der Waals surface area contributed by atoms with E-state index in [0.29, 0.717) is 24.4 Å². The molecule has 2 aromatic heterocycles. The molecular formula is C24H24N2O2S2. The highest BCUT2D eigenvalue weighted by atomic mass is 32.1. The number of rotatable bonds is 4. The molecule has 2 fully saturated rings. The van der Waals surface area contributed by atoms with E-state index in [-0.39, 0.29) is 5.92 Å². The van der Waals surface area contributed by atoms with Gasteiger partial charge >= 0.3 is 0 Å². The van der Waals surface area contributed by atoms with Gasteiger partial charge in [0.1, 0.15) is 6.29 Å². The zero-order valence-corrected chi connectivity index (χ0v) is 18.7. The number of fused-ring (bicyclic) bond motifs is 2. The predicted octanol–water partition coefficient (Wildman–Crippen LogP) is 5.61. The molecule has 2 aliphatic carbocycles. The van der Waals surface area contributed by atoms with Crippen LogP contribution in [-0.4, -0.2) is 28.0 Å². The van der Waals surface area contributed by atoms with Crippen molar-refractivity contribution in [2.24, 2.45) is 11.8 Å². The Morgan fingerprint density at radius 3 is 1.97 bits per heavy atom. The first kappa shape index (κ1) is 19.8. The Morgan fingerprint density at radius 2 is 1.50 bits per heavy atom. The normalized spacial score (nSPS) is 24.5. The van der Waals surface area contributed by atoms with Crippen LogP contribution >= 0.6 is 22.7 Å². The molecule has 0 amide bonds. The number of aliphatic hydroxyl groups is 1. The molecule has 1 N–H and O–H groups in total. The molecular weight excluding hydrogens is 412 g/mol. The minimum absolute atomic E-state index is 0.248. The van der Waals surface area contributed by atoms with Gasteiger partial charge in [0.25, 0.3) is 0 Å². The van der Waals surface area contributed by atoms with E-state index in [1.165, 1.54) is 20.5 Å². The van der Waals surface area contributed by atoms with Gasteiger partial charge in [0, 0.05) is 12.5 Å². The van der Waals surface area contributed by atoms with Crippen LogP contribution in [0, 0.1) is 25.7 Å². The number of carbonyl (C=O) groups excluding carboxylic acids is 1. The maximum atomic E-state index is 10.7. The molecule has 0 spiro atoms. The van der Waals surface area contributed by atoms with E-state index in [9.17, 15) is 4.79 Å². The molecule has 2 aromatic carbocycles. The lowest BCUT2D eigenvalue weighted by molar-refractivity contribution is -0.108. The molecule has 0 radical (unpaired) electrons. The maximum Gasteiger partial charge on any atom is 0.123 e. The minimum Gasteiger partial charge on any atom is -0.396 e. The van der Waals surface area contributed by atoms with Gasteiger partial charge in [-0.2, -0.15) is 0 Å². The molecule has 4 unspecified atom stereocenters. The first-order valence-electron chi connectivity index (χ1n) is 10.4. The van der Waals surface area contributed by atoms with E-state index in [1.54, 1.807) is 22.7 Å². The smallest absolute Gasteiger partial charge is 0.123 e. The lowest BCUT2D eigenvalue weighted by Gasteiger charge is -1.99. The summed E-state index contributed by atoms with van der Waals surface area (Å²) >= 11 is 3.50. The number of benzene rings is 2. The summed E-state index contributed by atoms with van der Waals surface area (Å²) in [6.07, 6.45) is 3.23. The van der Waals surface area contributed by atoms with Crippen LogP contribution in [0.25, 0.3) is 20.4 Å². The highest BCUT2D eigenvalue weighted by Gasteiger charge is 2.39. The number of aryl methyl sites for hydroxylation is 2. The fraction of sp³-hybridized carbons (Fsp3) is 0.375. The van der Waals surface area contributed by atoms with Crippen LogP contribution in [0.5, 0.6) is 0 Å². The van der Waals surface area contributed by atoms with Gasteiger partial charge in [-0.25, -0.2) is 9.97 Å². The van der Waals surface area contributed by atoms with Gasteiger partial charge in [0.2, 0.25) is 0 Å². The average Bonchev–Trinajstić information content (AvgIpc) is 3.62. The highest BCUT2D eigenvalue weighted by Crippen LogP contribution is 2.50. The fourth-order valence-corrected chi connectivity index (χ4v) is 6.29. The zero-order valence-electron chi connectivity index (χ0n) is 17.0. The Bertz CT molecular complexity index is 1230. The quantitative estimate of drug-likeness (QED) is 0.423. The molecule has 2 heterocycles. The van der Waals surface area contributed by atoms with Crippen molar-refractivity contribution in [1.29, 1.82) is 0 Å². The van der Waals surface area contributed by atoms with Gasteiger partial charge in [-0.15, -0.1) is 22.7 Å². The SMILES string of the molecule is Cc1nc2cccc(C3CC3C=O)c2s1.Cc1nc2cccc(C3CC3CO)c2s1. The molecule has 2 saturated carbocycles. The third-order valence-corrected chi connectivity index (χ3v) is 8.15. The van der Waals surface area contributed by atoms with E-state index in [2.05, 4.69) is 34.2 Å². The molecule has 4 aromatic rings. The van der Waals surface area contributed by atoms with Gasteiger partial charge in [-0.05, 0) is 67.7 Å². The number of nitrogens with zero attached hydrogens (tertiary/aromatic N) is 2. The Balaban J connectivity index is 0.000000128. The van der Waals surface area contributed by atoms with Crippen LogP contribution in [-0.2, 0) is 4.79 Å². The molecule has 30 heavy (non-hydrogen) atoms. The topological polar surface area (TPSA) is 63.1 Å². The number of carbonyl (C=O) groups is 1. The first-order valence-corrected chi connectivity index (χ1v) is 12.0. The van der Waals surface area contributed by atoms with Crippen LogP contribution in [0.4, 0.5) is 0 Å². The maximum absolute atomic E-state index is 10.7. The summed E-state index contributed by atoms with van der Waals surface area (Å²) < 4.78 is 2.58. The van der Waals surface area contributed by atoms with Crippen molar-refractivity contribution in [3.8, 4) is 0 Å². The largest absolute Gasteiger partial charge is 0.396 e. The number of aldehydes is 1. The van der Waals surface area contributed by atoms with Crippen LogP contribution in [0.2, 0.25) is 0 Å². The fourth-order valence-electron chi connectivity index (χ4n) is 4.30. The first-order chi connectivity index (χ1) is 14.6. The highest BCUT2D eigenvalue weighted by molar-refractivity contribution is 7.19. The van der Waals surface area contributed by atoms with Crippen molar-refractivity contribution in [3.05, 3.63) is 57.5 Å². The predicted molar refractivity (Wildman–Crippen MR) is 124 cm³/mol. The van der Waals surface area contributed by atoms with Gasteiger partial charge in [-0.1, -0.05) is 24.3 Å². The van der Waals surface area contributed by atoms with Crippen LogP contribution < -0.4 is 0 Å². The summed E-state index contributed by atoms with van der Waals surface area (Å²) in [5, 5.41) is 11.3. The lowest BCUT2D eigenvalue weighted by atomic mass is 10.1. The van der Waals surface area contributed by atoms with Crippen LogP contribution in [0.3, 0.4) is 0 Å². The average molecular weight is 437 g/mol. The number of hydrogen-bond donors (Lipinski definition) is 1. The molecule has 0 aliphatic heterocycles. The molecule has 0 bridgehead atoms. The van der Waals surface area contributed by atoms with Crippen LogP contribution in [0.1, 0.15) is 45.8 Å². The van der Waals surface area contributed by atoms with Crippen molar-refractivity contribution in [3.63, 3.8) is 0 Å². The zero-order chi connectivity index (χ0) is 20.8. The Hall–Kier alpha value is -2.15. The second kappa shape index (κ2) is 7.84. The molecule has 4 nitrogen and oxygen atoms in total. The summed E-state index contributed by atoms with van der Waals surface area (Å²) in [6.45, 7) is 4.39. The van der Waals surface area contributed by atoms with Crippen molar-refractivity contribution in [1.82, 2.24) is 9.97 Å². The number of aromatic nitrogens is 2. The molecule has 2 aliphatic rings. The van der Waals surface area contributed by atoms with Crippen molar-refractivity contribution in [2.75, 3.05) is 6.61 Å². The Labute approximate surface area is 183 Å². The van der Waals surface area contributed by atoms with Crippen molar-refractivity contribution in [2.45, 2.75) is 38.5 Å².